The molecule has 5 amide bonds. The third-order valence-electron chi connectivity index (χ3n) is 11.0. The van der Waals surface area contributed by atoms with E-state index < -0.39 is 24.0 Å². The van der Waals surface area contributed by atoms with Gasteiger partial charge in [-0.1, -0.05) is 65.9 Å². The number of carbonyl (C=O) groups is 4. The van der Waals surface area contributed by atoms with E-state index in [-0.39, 0.29) is 46.6 Å². The first kappa shape index (κ1) is 28.9. The largest absolute Gasteiger partial charge is 0.366 e. The highest BCUT2D eigenvalue weighted by Gasteiger charge is 2.69. The van der Waals surface area contributed by atoms with Gasteiger partial charge in [-0.25, -0.2) is 4.79 Å². The van der Waals surface area contributed by atoms with Crippen LogP contribution in [0.3, 0.4) is 0 Å². The Balaban J connectivity index is 1.35. The molecule has 6 atom stereocenters. The van der Waals surface area contributed by atoms with Crippen LogP contribution in [0.1, 0.15) is 85.0 Å². The lowest BCUT2D eigenvalue weighted by molar-refractivity contribution is -0.143. The van der Waals surface area contributed by atoms with Crippen molar-refractivity contribution >= 4 is 23.8 Å². The number of fused-ring (bicyclic) bond motifs is 1. The quantitative estimate of drug-likeness (QED) is 0.378. The Morgan fingerprint density at radius 1 is 0.975 bits per heavy atom. The summed E-state index contributed by atoms with van der Waals surface area (Å²) >= 11 is 0. The standard InChI is InChI=1S/C31H49N5O4/c1-18-13-14-35(16-18)30(40)34-25(21-11-6-5-7-12-21)29(39)36-17-22-24(31(22,3)4)26(36)28(38)33-23(19(2)27(32)37)15-20-9-8-10-20/h18,20-26H,2,5-17H2,1,3-4H3,(H2,32,37)(H,33,38)(H,34,40)/t18-,22?,23?,24?,25?,26?/m1/s1. The summed E-state index contributed by atoms with van der Waals surface area (Å²) in [6.07, 6.45) is 9.95. The second-order valence-corrected chi connectivity index (χ2v) is 14.0. The van der Waals surface area contributed by atoms with Gasteiger partial charge in [-0.05, 0) is 60.7 Å². The van der Waals surface area contributed by atoms with Gasteiger partial charge in [-0.15, -0.1) is 0 Å². The molecule has 9 nitrogen and oxygen atoms in total. The van der Waals surface area contributed by atoms with Crippen LogP contribution in [-0.4, -0.2) is 71.3 Å². The number of nitrogens with zero attached hydrogens (tertiary/aromatic N) is 2. The van der Waals surface area contributed by atoms with Gasteiger partial charge in [-0.2, -0.15) is 0 Å². The van der Waals surface area contributed by atoms with Gasteiger partial charge in [0, 0.05) is 25.2 Å². The van der Waals surface area contributed by atoms with Crippen LogP contribution in [0, 0.1) is 35.0 Å². The summed E-state index contributed by atoms with van der Waals surface area (Å²) in [6.45, 7) is 12.3. The predicted octanol–water partition coefficient (Wildman–Crippen LogP) is 3.19. The molecule has 0 bridgehead atoms. The SMILES string of the molecule is C=C(C(N)=O)C(CC1CCC1)NC(=O)C1C2C(CN1C(=O)C(NC(=O)N1CC[C@@H](C)C1)C1CCCCC1)C2(C)C. The number of amides is 5. The first-order chi connectivity index (χ1) is 19.0. The second kappa shape index (κ2) is 11.4. The Hall–Kier alpha value is -2.58. The first-order valence-electron chi connectivity index (χ1n) is 15.6. The van der Waals surface area contributed by atoms with Gasteiger partial charge in [-0.3, -0.25) is 14.4 Å². The van der Waals surface area contributed by atoms with E-state index in [4.69, 9.17) is 5.73 Å². The number of nitrogens with two attached hydrogens (primary N) is 1. The Bertz CT molecular complexity index is 1030. The Morgan fingerprint density at radius 3 is 2.25 bits per heavy atom. The number of hydrogen-bond donors (Lipinski definition) is 3. The van der Waals surface area contributed by atoms with Gasteiger partial charge < -0.3 is 26.2 Å². The lowest BCUT2D eigenvalue weighted by atomic mass is 9.79. The third kappa shape index (κ3) is 5.62. The van der Waals surface area contributed by atoms with Crippen molar-refractivity contribution in [2.75, 3.05) is 19.6 Å². The topological polar surface area (TPSA) is 125 Å². The van der Waals surface area contributed by atoms with Gasteiger partial charge in [0.2, 0.25) is 17.7 Å². The molecule has 40 heavy (non-hydrogen) atoms. The van der Waals surface area contributed by atoms with Crippen LogP contribution in [0.2, 0.25) is 0 Å². The van der Waals surface area contributed by atoms with Crippen molar-refractivity contribution in [2.24, 2.45) is 40.7 Å². The molecule has 5 unspecified atom stereocenters. The number of piperidine rings is 1. The van der Waals surface area contributed by atoms with Crippen LogP contribution >= 0.6 is 0 Å². The second-order valence-electron chi connectivity index (χ2n) is 14.0. The monoisotopic (exact) mass is 555 g/mol. The van der Waals surface area contributed by atoms with Crippen LogP contribution in [0.4, 0.5) is 4.79 Å². The lowest BCUT2D eigenvalue weighted by Crippen LogP contribution is -2.60. The number of primary amides is 1. The summed E-state index contributed by atoms with van der Waals surface area (Å²) in [4.78, 5) is 57.2. The maximum Gasteiger partial charge on any atom is 0.318 e. The molecule has 2 heterocycles. The van der Waals surface area contributed by atoms with E-state index in [0.29, 0.717) is 37.9 Å². The molecule has 222 valence electrons. The molecule has 9 heteroatoms. The zero-order chi connectivity index (χ0) is 28.8. The van der Waals surface area contributed by atoms with Crippen molar-refractivity contribution in [3.63, 3.8) is 0 Å². The van der Waals surface area contributed by atoms with Gasteiger partial charge in [0.05, 0.1) is 6.04 Å². The number of urea groups is 1. The molecular formula is C31H49N5O4. The Morgan fingerprint density at radius 2 is 1.68 bits per heavy atom. The van der Waals surface area contributed by atoms with Crippen LogP contribution in [-0.2, 0) is 14.4 Å². The minimum Gasteiger partial charge on any atom is -0.366 e. The summed E-state index contributed by atoms with van der Waals surface area (Å²) in [5.74, 6) is 0.263. The summed E-state index contributed by atoms with van der Waals surface area (Å²) < 4.78 is 0. The van der Waals surface area contributed by atoms with E-state index in [1.165, 1.54) is 0 Å². The van der Waals surface area contributed by atoms with Gasteiger partial charge in [0.25, 0.3) is 0 Å². The van der Waals surface area contributed by atoms with Crippen LogP contribution in [0.25, 0.3) is 0 Å². The van der Waals surface area contributed by atoms with E-state index >= 15 is 0 Å². The minimum absolute atomic E-state index is 0.0434. The molecule has 3 saturated carbocycles. The average Bonchev–Trinajstić information content (AvgIpc) is 3.28. The van der Waals surface area contributed by atoms with Crippen molar-refractivity contribution in [3.05, 3.63) is 12.2 Å². The smallest absolute Gasteiger partial charge is 0.318 e. The van der Waals surface area contributed by atoms with Crippen molar-refractivity contribution in [3.8, 4) is 0 Å². The van der Waals surface area contributed by atoms with E-state index in [2.05, 4.69) is 38.0 Å². The van der Waals surface area contributed by atoms with E-state index in [1.54, 1.807) is 4.90 Å². The molecule has 5 fully saturated rings. The number of rotatable bonds is 9. The highest BCUT2D eigenvalue weighted by Crippen LogP contribution is 2.65. The maximum absolute atomic E-state index is 14.3. The van der Waals surface area contributed by atoms with Gasteiger partial charge >= 0.3 is 6.03 Å². The molecule has 0 aromatic heterocycles. The van der Waals surface area contributed by atoms with E-state index in [0.717, 1.165) is 57.8 Å². The molecule has 0 aromatic rings. The van der Waals surface area contributed by atoms with Crippen molar-refractivity contribution < 1.29 is 19.2 Å². The number of carbonyl (C=O) groups excluding carboxylic acids is 4. The van der Waals surface area contributed by atoms with Gasteiger partial charge in [0.1, 0.15) is 12.1 Å². The third-order valence-corrected chi connectivity index (χ3v) is 11.0. The lowest BCUT2D eigenvalue weighted by Gasteiger charge is -2.38. The first-order valence-corrected chi connectivity index (χ1v) is 15.6. The zero-order valence-electron chi connectivity index (χ0n) is 24.6. The molecular weight excluding hydrogens is 506 g/mol. The van der Waals surface area contributed by atoms with E-state index in [1.807, 2.05) is 4.90 Å². The fourth-order valence-electron chi connectivity index (χ4n) is 7.96. The van der Waals surface area contributed by atoms with Gasteiger partial charge in [0.15, 0.2) is 0 Å². The number of likely N-dealkylation sites (tertiary alicyclic amines) is 2. The summed E-state index contributed by atoms with van der Waals surface area (Å²) in [6, 6.07) is -1.96. The zero-order valence-corrected chi connectivity index (χ0v) is 24.6. The molecule has 2 aliphatic heterocycles. The van der Waals surface area contributed by atoms with Crippen LogP contribution < -0.4 is 16.4 Å². The summed E-state index contributed by atoms with van der Waals surface area (Å²) in [5.41, 5.74) is 5.76. The Kier molecular flexibility index (Phi) is 8.22. The highest BCUT2D eigenvalue weighted by atomic mass is 16.2. The molecule has 0 spiro atoms. The highest BCUT2D eigenvalue weighted by molar-refractivity contribution is 5.96. The molecule has 3 aliphatic carbocycles. The normalized spacial score (nSPS) is 31.1. The number of hydrogen-bond acceptors (Lipinski definition) is 4. The fourth-order valence-corrected chi connectivity index (χ4v) is 7.96. The Labute approximate surface area is 239 Å². The summed E-state index contributed by atoms with van der Waals surface area (Å²) in [7, 11) is 0. The maximum atomic E-state index is 14.3. The van der Waals surface area contributed by atoms with Crippen LogP contribution in [0.15, 0.2) is 12.2 Å². The van der Waals surface area contributed by atoms with Crippen molar-refractivity contribution in [1.29, 1.82) is 0 Å². The molecule has 0 aromatic carbocycles. The van der Waals surface area contributed by atoms with E-state index in [9.17, 15) is 19.2 Å². The van der Waals surface area contributed by atoms with Crippen molar-refractivity contribution in [2.45, 2.75) is 103 Å². The van der Waals surface area contributed by atoms with Crippen molar-refractivity contribution in [1.82, 2.24) is 20.4 Å². The molecule has 2 saturated heterocycles. The molecule has 5 rings (SSSR count). The minimum atomic E-state index is -0.633. The summed E-state index contributed by atoms with van der Waals surface area (Å²) in [5, 5.41) is 6.24. The molecule has 4 N–H and O–H groups in total. The average molecular weight is 556 g/mol. The molecule has 5 aliphatic rings. The van der Waals surface area contributed by atoms with Crippen LogP contribution in [0.5, 0.6) is 0 Å². The predicted molar refractivity (Wildman–Crippen MR) is 153 cm³/mol. The molecule has 0 radical (unpaired) electrons. The fraction of sp³-hybridized carbons (Fsp3) is 0.806. The number of nitrogens with one attached hydrogen (secondary N) is 2.